The number of aryl methyl sites for hydroxylation is 1. The molecule has 1 amide bonds. The van der Waals surface area contributed by atoms with E-state index in [4.69, 9.17) is 11.5 Å². The summed E-state index contributed by atoms with van der Waals surface area (Å²) in [5.74, 6) is -3.80. The van der Waals surface area contributed by atoms with Gasteiger partial charge in [-0.3, -0.25) is 9.59 Å². The SMILES string of the molecule is NCCC[C@H](N)C(=O)N[C@H](CCc1ccccc1)C(=O)Cc1cc(F)cc(F)c1O. The molecule has 0 fully saturated rings. The van der Waals surface area contributed by atoms with Crippen LogP contribution < -0.4 is 16.8 Å². The zero-order valence-corrected chi connectivity index (χ0v) is 16.6. The van der Waals surface area contributed by atoms with Gasteiger partial charge in [-0.25, -0.2) is 8.78 Å². The molecule has 2 aromatic rings. The van der Waals surface area contributed by atoms with E-state index in [1.807, 2.05) is 30.3 Å². The van der Waals surface area contributed by atoms with Crippen molar-refractivity contribution >= 4 is 11.7 Å². The highest BCUT2D eigenvalue weighted by atomic mass is 19.1. The van der Waals surface area contributed by atoms with E-state index >= 15 is 0 Å². The van der Waals surface area contributed by atoms with Crippen molar-refractivity contribution in [2.75, 3.05) is 6.54 Å². The van der Waals surface area contributed by atoms with E-state index < -0.39 is 47.6 Å². The first-order chi connectivity index (χ1) is 14.3. The van der Waals surface area contributed by atoms with Crippen molar-refractivity contribution in [3.8, 4) is 5.75 Å². The quantitative estimate of drug-likeness (QED) is 0.444. The van der Waals surface area contributed by atoms with Gasteiger partial charge in [0.25, 0.3) is 0 Å². The summed E-state index contributed by atoms with van der Waals surface area (Å²) < 4.78 is 27.1. The van der Waals surface area contributed by atoms with Crippen molar-refractivity contribution in [1.82, 2.24) is 5.32 Å². The Hall–Kier alpha value is -2.84. The number of Topliss-reactive ketones (excluding diaryl/α,β-unsaturated/α-hetero) is 1. The number of nitrogens with two attached hydrogens (primary N) is 2. The highest BCUT2D eigenvalue weighted by molar-refractivity contribution is 5.92. The van der Waals surface area contributed by atoms with Gasteiger partial charge in [-0.2, -0.15) is 0 Å². The van der Waals surface area contributed by atoms with Crippen LogP contribution in [0.1, 0.15) is 30.4 Å². The molecule has 162 valence electrons. The van der Waals surface area contributed by atoms with Crippen LogP contribution in [0.25, 0.3) is 0 Å². The fourth-order valence-corrected chi connectivity index (χ4v) is 3.08. The Balaban J connectivity index is 2.14. The predicted molar refractivity (Wildman–Crippen MR) is 110 cm³/mol. The van der Waals surface area contributed by atoms with Crippen molar-refractivity contribution in [2.24, 2.45) is 11.5 Å². The first kappa shape index (κ1) is 23.4. The lowest BCUT2D eigenvalue weighted by Crippen LogP contribution is -2.49. The van der Waals surface area contributed by atoms with Gasteiger partial charge in [-0.05, 0) is 43.9 Å². The average Bonchev–Trinajstić information content (AvgIpc) is 2.73. The van der Waals surface area contributed by atoms with Gasteiger partial charge in [0.2, 0.25) is 5.91 Å². The van der Waals surface area contributed by atoms with E-state index in [0.29, 0.717) is 31.9 Å². The molecule has 0 bridgehead atoms. The predicted octanol–water partition coefficient (Wildman–Crippen LogP) is 1.97. The third-order valence-electron chi connectivity index (χ3n) is 4.80. The molecular weight excluding hydrogens is 392 g/mol. The van der Waals surface area contributed by atoms with Crippen LogP contribution in [-0.2, 0) is 22.4 Å². The third kappa shape index (κ3) is 6.89. The van der Waals surface area contributed by atoms with Crippen LogP contribution in [-0.4, -0.2) is 35.4 Å². The average molecular weight is 419 g/mol. The minimum absolute atomic E-state index is 0.177. The normalized spacial score (nSPS) is 12.9. The molecule has 0 radical (unpaired) electrons. The number of carbonyl (C=O) groups excluding carboxylic acids is 2. The highest BCUT2D eigenvalue weighted by Crippen LogP contribution is 2.24. The maximum Gasteiger partial charge on any atom is 0.237 e. The molecule has 2 atom stereocenters. The number of halogens is 2. The third-order valence-corrected chi connectivity index (χ3v) is 4.80. The Morgan fingerprint density at radius 1 is 1.10 bits per heavy atom. The summed E-state index contributed by atoms with van der Waals surface area (Å²) in [4.78, 5) is 25.3. The maximum absolute atomic E-state index is 13.6. The summed E-state index contributed by atoms with van der Waals surface area (Å²) in [6.45, 7) is 0.391. The minimum Gasteiger partial charge on any atom is -0.505 e. The van der Waals surface area contributed by atoms with E-state index in [2.05, 4.69) is 5.32 Å². The minimum atomic E-state index is -1.15. The second-order valence-corrected chi connectivity index (χ2v) is 7.16. The summed E-state index contributed by atoms with van der Waals surface area (Å²) in [5, 5.41) is 12.5. The first-order valence-corrected chi connectivity index (χ1v) is 9.81. The summed E-state index contributed by atoms with van der Waals surface area (Å²) in [5.41, 5.74) is 12.1. The fourth-order valence-electron chi connectivity index (χ4n) is 3.08. The summed E-state index contributed by atoms with van der Waals surface area (Å²) in [6.07, 6.45) is 1.28. The second-order valence-electron chi connectivity index (χ2n) is 7.16. The van der Waals surface area contributed by atoms with Crippen molar-refractivity contribution in [2.45, 2.75) is 44.2 Å². The van der Waals surface area contributed by atoms with Gasteiger partial charge in [-0.1, -0.05) is 30.3 Å². The molecule has 0 spiro atoms. The van der Waals surface area contributed by atoms with Gasteiger partial charge in [0.15, 0.2) is 17.3 Å². The zero-order valence-electron chi connectivity index (χ0n) is 16.6. The van der Waals surface area contributed by atoms with Crippen LogP contribution in [0.15, 0.2) is 42.5 Å². The molecule has 2 aromatic carbocycles. The number of rotatable bonds is 11. The summed E-state index contributed by atoms with van der Waals surface area (Å²) in [6, 6.07) is 9.07. The molecule has 0 heterocycles. The Morgan fingerprint density at radius 2 is 1.80 bits per heavy atom. The number of benzene rings is 2. The van der Waals surface area contributed by atoms with E-state index in [1.54, 1.807) is 0 Å². The van der Waals surface area contributed by atoms with Crippen molar-refractivity contribution in [3.63, 3.8) is 0 Å². The molecule has 30 heavy (non-hydrogen) atoms. The Morgan fingerprint density at radius 3 is 2.47 bits per heavy atom. The fraction of sp³-hybridized carbons (Fsp3) is 0.364. The number of hydrogen-bond acceptors (Lipinski definition) is 5. The zero-order chi connectivity index (χ0) is 22.1. The second kappa shape index (κ2) is 11.4. The van der Waals surface area contributed by atoms with Gasteiger partial charge in [0, 0.05) is 18.1 Å². The molecular formula is C22H27F2N3O3. The van der Waals surface area contributed by atoms with Crippen LogP contribution in [0.5, 0.6) is 5.75 Å². The molecule has 0 unspecified atom stereocenters. The summed E-state index contributed by atoms with van der Waals surface area (Å²) in [7, 11) is 0. The monoisotopic (exact) mass is 419 g/mol. The van der Waals surface area contributed by atoms with E-state index in [1.165, 1.54) is 0 Å². The standard InChI is InChI=1S/C22H27F2N3O3/c23-16-11-15(21(29)17(24)13-16)12-20(28)19(9-8-14-5-2-1-3-6-14)27-22(30)18(26)7-4-10-25/h1-3,5-6,11,13,18-19,29H,4,7-10,12,25-26H2,(H,27,30)/t18-,19+/m0/s1. The Labute approximate surface area is 174 Å². The van der Waals surface area contributed by atoms with Crippen molar-refractivity contribution in [3.05, 3.63) is 65.2 Å². The lowest BCUT2D eigenvalue weighted by Gasteiger charge is -2.21. The van der Waals surface area contributed by atoms with Gasteiger partial charge in [0.1, 0.15) is 5.82 Å². The van der Waals surface area contributed by atoms with E-state index in [-0.39, 0.29) is 12.0 Å². The number of ketones is 1. The van der Waals surface area contributed by atoms with E-state index in [0.717, 1.165) is 11.6 Å². The Bertz CT molecular complexity index is 862. The maximum atomic E-state index is 13.6. The smallest absolute Gasteiger partial charge is 0.237 e. The van der Waals surface area contributed by atoms with Crippen molar-refractivity contribution in [1.29, 1.82) is 0 Å². The highest BCUT2D eigenvalue weighted by Gasteiger charge is 2.25. The molecule has 0 saturated carbocycles. The van der Waals surface area contributed by atoms with Crippen LogP contribution in [0.3, 0.4) is 0 Å². The molecule has 0 saturated heterocycles. The van der Waals surface area contributed by atoms with Gasteiger partial charge < -0.3 is 21.9 Å². The first-order valence-electron chi connectivity index (χ1n) is 9.81. The molecule has 0 aliphatic heterocycles. The lowest BCUT2D eigenvalue weighted by molar-refractivity contribution is -0.128. The van der Waals surface area contributed by atoms with Crippen LogP contribution >= 0.6 is 0 Å². The number of phenols is 1. The van der Waals surface area contributed by atoms with Gasteiger partial charge in [-0.15, -0.1) is 0 Å². The van der Waals surface area contributed by atoms with Gasteiger partial charge in [0.05, 0.1) is 12.1 Å². The number of nitrogens with one attached hydrogen (secondary N) is 1. The molecule has 6 nitrogen and oxygen atoms in total. The Kier molecular flexibility index (Phi) is 8.89. The summed E-state index contributed by atoms with van der Waals surface area (Å²) >= 11 is 0. The molecule has 0 aliphatic carbocycles. The molecule has 2 rings (SSSR count). The molecule has 8 heteroatoms. The molecule has 0 aromatic heterocycles. The number of amides is 1. The number of aromatic hydroxyl groups is 1. The number of hydrogen-bond donors (Lipinski definition) is 4. The molecule has 0 aliphatic rings. The van der Waals surface area contributed by atoms with Crippen LogP contribution in [0.4, 0.5) is 8.78 Å². The lowest BCUT2D eigenvalue weighted by atomic mass is 9.96. The van der Waals surface area contributed by atoms with Crippen LogP contribution in [0, 0.1) is 11.6 Å². The number of phenolic OH excluding ortho intramolecular Hbond substituents is 1. The van der Waals surface area contributed by atoms with Gasteiger partial charge >= 0.3 is 0 Å². The largest absolute Gasteiger partial charge is 0.505 e. The van der Waals surface area contributed by atoms with E-state index in [9.17, 15) is 23.5 Å². The van der Waals surface area contributed by atoms with Crippen molar-refractivity contribution < 1.29 is 23.5 Å². The number of carbonyl (C=O) groups is 2. The molecule has 6 N–H and O–H groups in total. The van der Waals surface area contributed by atoms with Crippen LogP contribution in [0.2, 0.25) is 0 Å². The topological polar surface area (TPSA) is 118 Å².